The third-order valence-electron chi connectivity index (χ3n) is 8.20. The first-order chi connectivity index (χ1) is 19.8. The summed E-state index contributed by atoms with van der Waals surface area (Å²) in [6.07, 6.45) is -18.9. The monoisotopic (exact) mass is 612 g/mol. The van der Waals surface area contributed by atoms with Gasteiger partial charge < -0.3 is 93.5 Å². The first-order valence-corrected chi connectivity index (χ1v) is 13.7. The van der Waals surface area contributed by atoms with E-state index in [2.05, 4.69) is 0 Å². The molecule has 3 aliphatic heterocycles. The van der Waals surface area contributed by atoms with E-state index in [1.807, 2.05) is 0 Å². The average Bonchev–Trinajstić information content (AvgIpc) is 3.27. The molecular formula is C23H44N6O13. The van der Waals surface area contributed by atoms with Crippen molar-refractivity contribution in [2.75, 3.05) is 19.7 Å². The van der Waals surface area contributed by atoms with Crippen molar-refractivity contribution < 1.29 is 63.9 Å². The van der Waals surface area contributed by atoms with E-state index in [1.54, 1.807) is 0 Å². The van der Waals surface area contributed by atoms with Gasteiger partial charge in [0.2, 0.25) is 0 Å². The van der Waals surface area contributed by atoms with Crippen LogP contribution in [0.2, 0.25) is 0 Å². The van der Waals surface area contributed by atoms with Crippen molar-refractivity contribution in [3.63, 3.8) is 0 Å². The Bertz CT molecular complexity index is 911. The molecule has 19 heteroatoms. The molecule has 0 aromatic heterocycles. The largest absolute Gasteiger partial charge is 0.394 e. The van der Waals surface area contributed by atoms with Gasteiger partial charge in [0.25, 0.3) is 0 Å². The molecule has 4 aliphatic rings. The van der Waals surface area contributed by atoms with Gasteiger partial charge in [0.15, 0.2) is 24.7 Å². The lowest BCUT2D eigenvalue weighted by molar-refractivity contribution is -0.290. The third-order valence-corrected chi connectivity index (χ3v) is 8.20. The molecular weight excluding hydrogens is 568 g/mol. The van der Waals surface area contributed by atoms with Crippen molar-refractivity contribution in [1.82, 2.24) is 0 Å². The molecule has 18 N–H and O–H groups in total. The lowest BCUT2D eigenvalue weighted by Crippen LogP contribution is -2.67. The topological polar surface area (TPSA) is 350 Å². The van der Waals surface area contributed by atoms with Crippen LogP contribution >= 0.6 is 0 Å². The average molecular weight is 613 g/mol. The summed E-state index contributed by atoms with van der Waals surface area (Å²) in [7, 11) is 0. The van der Waals surface area contributed by atoms with Gasteiger partial charge in [-0.25, -0.2) is 0 Å². The molecule has 4 rings (SSSR count). The highest BCUT2D eigenvalue weighted by Gasteiger charge is 2.54. The molecule has 19 nitrogen and oxygen atoms in total. The number of ether oxygens (including phenoxy) is 6. The van der Waals surface area contributed by atoms with Crippen molar-refractivity contribution in [3.05, 3.63) is 0 Å². The molecule has 4 fully saturated rings. The summed E-state index contributed by atoms with van der Waals surface area (Å²) < 4.78 is 34.5. The molecule has 244 valence electrons. The molecule has 0 amide bonds. The molecule has 3 saturated heterocycles. The summed E-state index contributed by atoms with van der Waals surface area (Å²) >= 11 is 0. The van der Waals surface area contributed by atoms with Gasteiger partial charge in [-0.15, -0.1) is 0 Å². The van der Waals surface area contributed by atoms with Crippen molar-refractivity contribution in [3.8, 4) is 0 Å². The SMILES string of the molecule is NC[C@@H]1O[C@H](O[C@H]2[C@@H](O)[C@H](O[C@@H]3[C@@H](O)[C@H](N)C[C@H](N)[C@H]3O[C@H]3O[C@H](CN)[C@@H](O)C(=O)[C@H]3N)O[C@@H]2CO)[C@H](N)[C@@H](O)[C@@H]1O. The normalized spacial score (nSPS) is 52.0. The zero-order chi connectivity index (χ0) is 31.0. The van der Waals surface area contributed by atoms with Crippen LogP contribution in [0.4, 0.5) is 0 Å². The van der Waals surface area contributed by atoms with Crippen LogP contribution in [-0.4, -0.2) is 166 Å². The quantitative estimate of drug-likeness (QED) is 0.115. The zero-order valence-electron chi connectivity index (χ0n) is 22.7. The first kappa shape index (κ1) is 33.8. The number of aliphatic hydroxyl groups is 6. The van der Waals surface area contributed by atoms with Crippen molar-refractivity contribution >= 4 is 5.78 Å². The highest BCUT2D eigenvalue weighted by atomic mass is 16.8. The highest BCUT2D eigenvalue weighted by molar-refractivity contribution is 5.89. The van der Waals surface area contributed by atoms with E-state index in [0.717, 1.165) is 0 Å². The van der Waals surface area contributed by atoms with E-state index >= 15 is 0 Å². The van der Waals surface area contributed by atoms with Crippen LogP contribution in [0.5, 0.6) is 0 Å². The van der Waals surface area contributed by atoms with E-state index in [0.29, 0.717) is 0 Å². The van der Waals surface area contributed by atoms with Gasteiger partial charge in [-0.1, -0.05) is 0 Å². The Labute approximate surface area is 240 Å². The molecule has 18 atom stereocenters. The zero-order valence-corrected chi connectivity index (χ0v) is 22.7. The Hall–Kier alpha value is -1.05. The Morgan fingerprint density at radius 3 is 1.86 bits per heavy atom. The predicted molar refractivity (Wildman–Crippen MR) is 137 cm³/mol. The van der Waals surface area contributed by atoms with Crippen LogP contribution in [0, 0.1) is 0 Å². The summed E-state index contributed by atoms with van der Waals surface area (Å²) in [5.41, 5.74) is 35.4. The number of rotatable bonds is 9. The van der Waals surface area contributed by atoms with Gasteiger partial charge in [0, 0.05) is 25.2 Å². The summed E-state index contributed by atoms with van der Waals surface area (Å²) in [5.74, 6) is -0.765. The smallest absolute Gasteiger partial charge is 0.187 e. The van der Waals surface area contributed by atoms with E-state index in [4.69, 9.17) is 62.8 Å². The summed E-state index contributed by atoms with van der Waals surface area (Å²) in [4.78, 5) is 12.4. The van der Waals surface area contributed by atoms with Crippen LogP contribution in [0.3, 0.4) is 0 Å². The van der Waals surface area contributed by atoms with Crippen LogP contribution in [0.1, 0.15) is 6.42 Å². The summed E-state index contributed by atoms with van der Waals surface area (Å²) in [6.45, 7) is -1.04. The standard InChI is InChI=1S/C23H44N6O13/c24-2-7-13(32)15(34)10(28)21(37-7)40-18-6(27)1-5(26)12(31)20(18)42-23-17(36)19(9(4-30)39-23)41-22-11(29)16(35)14(33)8(3-25)38-22/h5-14,16-23,30-33,35-36H,1-4,24-29H2/t5-,6+,7-,8+,9-,10-,11-,12+,13-,14-,16-,17-,18-,19-,20-,21-,22-,23+/m1/s1. The molecule has 0 spiro atoms. The lowest BCUT2D eigenvalue weighted by Gasteiger charge is -2.46. The summed E-state index contributed by atoms with van der Waals surface area (Å²) in [6, 6.07) is -4.43. The molecule has 3 heterocycles. The van der Waals surface area contributed by atoms with Gasteiger partial charge >= 0.3 is 0 Å². The minimum atomic E-state index is -1.62. The number of carbonyl (C=O) groups is 1. The fraction of sp³-hybridized carbons (Fsp3) is 0.957. The molecule has 42 heavy (non-hydrogen) atoms. The minimum absolute atomic E-state index is 0.0665. The molecule has 0 aromatic rings. The number of Topliss-reactive ketones (excluding diaryl/α,β-unsaturated/α-hetero) is 1. The maximum atomic E-state index is 12.4. The Kier molecular flexibility index (Phi) is 11.2. The highest BCUT2D eigenvalue weighted by Crippen LogP contribution is 2.34. The molecule has 0 aromatic carbocycles. The van der Waals surface area contributed by atoms with Crippen LogP contribution in [-0.2, 0) is 33.2 Å². The number of hydrogen-bond donors (Lipinski definition) is 12. The number of hydrogen-bond acceptors (Lipinski definition) is 19. The van der Waals surface area contributed by atoms with E-state index in [9.17, 15) is 35.4 Å². The van der Waals surface area contributed by atoms with Crippen LogP contribution in [0.25, 0.3) is 0 Å². The number of aliphatic hydroxyl groups excluding tert-OH is 6. The Morgan fingerprint density at radius 1 is 0.667 bits per heavy atom. The molecule has 0 unspecified atom stereocenters. The molecule has 0 bridgehead atoms. The predicted octanol–water partition coefficient (Wildman–Crippen LogP) is -8.69. The van der Waals surface area contributed by atoms with E-state index < -0.39 is 123 Å². The Morgan fingerprint density at radius 2 is 1.24 bits per heavy atom. The fourth-order valence-corrected chi connectivity index (χ4v) is 5.62. The van der Waals surface area contributed by atoms with Crippen molar-refractivity contribution in [1.29, 1.82) is 0 Å². The number of carbonyl (C=O) groups excluding carboxylic acids is 1. The number of ketones is 1. The molecule has 1 aliphatic carbocycles. The molecule has 1 saturated carbocycles. The van der Waals surface area contributed by atoms with Crippen molar-refractivity contribution in [2.45, 2.75) is 117 Å². The summed E-state index contributed by atoms with van der Waals surface area (Å²) in [5, 5.41) is 62.5. The lowest BCUT2D eigenvalue weighted by atomic mass is 9.84. The second kappa shape index (κ2) is 13.9. The minimum Gasteiger partial charge on any atom is -0.394 e. The van der Waals surface area contributed by atoms with Gasteiger partial charge in [-0.2, -0.15) is 0 Å². The second-order valence-electron chi connectivity index (χ2n) is 11.1. The van der Waals surface area contributed by atoms with Gasteiger partial charge in [0.05, 0.1) is 18.8 Å². The second-order valence-corrected chi connectivity index (χ2v) is 11.1. The number of nitrogens with two attached hydrogens (primary N) is 6. The van der Waals surface area contributed by atoms with Gasteiger partial charge in [-0.3, -0.25) is 4.79 Å². The fourth-order valence-electron chi connectivity index (χ4n) is 5.62. The molecule has 0 radical (unpaired) electrons. The first-order valence-electron chi connectivity index (χ1n) is 13.7. The van der Waals surface area contributed by atoms with Gasteiger partial charge in [0.1, 0.15) is 67.1 Å². The van der Waals surface area contributed by atoms with Crippen molar-refractivity contribution in [2.24, 2.45) is 34.4 Å². The third kappa shape index (κ3) is 6.49. The van der Waals surface area contributed by atoms with Crippen LogP contribution in [0.15, 0.2) is 0 Å². The van der Waals surface area contributed by atoms with Crippen LogP contribution < -0.4 is 34.4 Å². The van der Waals surface area contributed by atoms with E-state index in [1.165, 1.54) is 0 Å². The maximum absolute atomic E-state index is 12.4. The Balaban J connectivity index is 1.50. The van der Waals surface area contributed by atoms with E-state index in [-0.39, 0.29) is 19.5 Å². The maximum Gasteiger partial charge on any atom is 0.187 e. The van der Waals surface area contributed by atoms with Gasteiger partial charge in [-0.05, 0) is 6.42 Å².